The molecule has 0 bridgehead atoms. The van der Waals surface area contributed by atoms with E-state index in [1.807, 2.05) is 13.0 Å². The molecule has 0 aliphatic carbocycles. The summed E-state index contributed by atoms with van der Waals surface area (Å²) in [6, 6.07) is 3.51. The molecule has 2 N–H and O–H groups in total. The van der Waals surface area contributed by atoms with Crippen molar-refractivity contribution < 1.29 is 5.11 Å². The van der Waals surface area contributed by atoms with Crippen LogP contribution < -0.4 is 0 Å². The Morgan fingerprint density at radius 3 is 3.09 bits per heavy atom. The van der Waals surface area contributed by atoms with Crippen LogP contribution in [0.2, 0.25) is 0 Å². The Kier molecular flexibility index (Phi) is 1.12. The summed E-state index contributed by atoms with van der Waals surface area (Å²) >= 11 is 0. The number of pyridine rings is 1. The zero-order valence-electron chi connectivity index (χ0n) is 6.13. The van der Waals surface area contributed by atoms with Crippen LogP contribution in [-0.2, 0) is 0 Å². The van der Waals surface area contributed by atoms with Gasteiger partial charge in [0.2, 0.25) is 0 Å². The molecule has 0 radical (unpaired) electrons. The number of rotatable bonds is 0. The average Bonchev–Trinajstić information content (AvgIpc) is 2.31. The Hall–Kier alpha value is -1.51. The minimum atomic E-state index is 0.168. The number of hydrogen-bond acceptors (Lipinski definition) is 2. The third kappa shape index (κ3) is 0.852. The second-order valence-corrected chi connectivity index (χ2v) is 2.54. The monoisotopic (exact) mass is 148 g/mol. The molecule has 0 fully saturated rings. The van der Waals surface area contributed by atoms with Crippen molar-refractivity contribution in [3.8, 4) is 5.88 Å². The molecule has 0 aliphatic heterocycles. The van der Waals surface area contributed by atoms with Gasteiger partial charge in [0.25, 0.3) is 0 Å². The van der Waals surface area contributed by atoms with E-state index in [9.17, 15) is 0 Å². The Morgan fingerprint density at radius 1 is 1.55 bits per heavy atom. The van der Waals surface area contributed by atoms with Crippen LogP contribution in [0.25, 0.3) is 11.0 Å². The quantitative estimate of drug-likeness (QED) is 0.595. The molecule has 0 spiro atoms. The van der Waals surface area contributed by atoms with Crippen LogP contribution >= 0.6 is 0 Å². The maximum atomic E-state index is 9.09. The van der Waals surface area contributed by atoms with E-state index in [4.69, 9.17) is 5.11 Å². The lowest BCUT2D eigenvalue weighted by Crippen LogP contribution is -1.77. The average molecular weight is 148 g/mol. The molecule has 0 atom stereocenters. The van der Waals surface area contributed by atoms with Crippen molar-refractivity contribution in [1.82, 2.24) is 9.97 Å². The molecule has 2 rings (SSSR count). The van der Waals surface area contributed by atoms with Crippen molar-refractivity contribution in [2.75, 3.05) is 0 Å². The van der Waals surface area contributed by atoms with Gasteiger partial charge >= 0.3 is 0 Å². The van der Waals surface area contributed by atoms with Crippen LogP contribution in [0.3, 0.4) is 0 Å². The van der Waals surface area contributed by atoms with Gasteiger partial charge in [0.15, 0.2) is 5.88 Å². The summed E-state index contributed by atoms with van der Waals surface area (Å²) in [6.45, 7) is 1.97. The van der Waals surface area contributed by atoms with Gasteiger partial charge in [-0.2, -0.15) is 0 Å². The van der Waals surface area contributed by atoms with E-state index in [1.54, 1.807) is 12.3 Å². The number of fused-ring (bicyclic) bond motifs is 1. The highest BCUT2D eigenvalue weighted by Crippen LogP contribution is 2.19. The molecule has 0 unspecified atom stereocenters. The van der Waals surface area contributed by atoms with Crippen LogP contribution in [0.1, 0.15) is 5.56 Å². The van der Waals surface area contributed by atoms with Gasteiger partial charge in [-0.1, -0.05) is 0 Å². The molecule has 3 nitrogen and oxygen atoms in total. The lowest BCUT2D eigenvalue weighted by molar-refractivity contribution is 0.458. The fourth-order valence-corrected chi connectivity index (χ4v) is 1.14. The molecule has 11 heavy (non-hydrogen) atoms. The molecule has 0 saturated heterocycles. The summed E-state index contributed by atoms with van der Waals surface area (Å²) in [4.78, 5) is 6.89. The molecular weight excluding hydrogens is 140 g/mol. The molecule has 56 valence electrons. The number of nitrogens with one attached hydrogen (secondary N) is 1. The van der Waals surface area contributed by atoms with Crippen molar-refractivity contribution in [2.45, 2.75) is 6.92 Å². The van der Waals surface area contributed by atoms with E-state index < -0.39 is 0 Å². The second-order valence-electron chi connectivity index (χ2n) is 2.54. The first-order chi connectivity index (χ1) is 5.27. The topological polar surface area (TPSA) is 48.9 Å². The molecule has 3 heteroatoms. The first kappa shape index (κ1) is 6.22. The van der Waals surface area contributed by atoms with Gasteiger partial charge in [0.1, 0.15) is 0 Å². The summed E-state index contributed by atoms with van der Waals surface area (Å²) in [7, 11) is 0. The van der Waals surface area contributed by atoms with Gasteiger partial charge in [-0.15, -0.1) is 0 Å². The summed E-state index contributed by atoms with van der Waals surface area (Å²) in [5, 5.41) is 9.09. The van der Waals surface area contributed by atoms with Gasteiger partial charge in [-0.3, -0.25) is 4.98 Å². The van der Waals surface area contributed by atoms with Crippen molar-refractivity contribution in [3.63, 3.8) is 0 Å². The fraction of sp³-hybridized carbons (Fsp3) is 0.125. The van der Waals surface area contributed by atoms with Gasteiger partial charge in [-0.05, 0) is 18.6 Å². The molecular formula is C8H8N2O. The number of H-pyrrole nitrogens is 1. The first-order valence-corrected chi connectivity index (χ1v) is 3.40. The Morgan fingerprint density at radius 2 is 2.36 bits per heavy atom. The van der Waals surface area contributed by atoms with Crippen LogP contribution in [-0.4, -0.2) is 15.1 Å². The Bertz CT molecular complexity index is 392. The SMILES string of the molecule is Cc1ccnc2cc(O)[nH]c12. The maximum Gasteiger partial charge on any atom is 0.190 e. The van der Waals surface area contributed by atoms with E-state index in [0.29, 0.717) is 0 Å². The minimum absolute atomic E-state index is 0.168. The van der Waals surface area contributed by atoms with E-state index >= 15 is 0 Å². The van der Waals surface area contributed by atoms with Crippen LogP contribution in [0.4, 0.5) is 0 Å². The molecule has 0 aromatic carbocycles. The minimum Gasteiger partial charge on any atom is -0.495 e. The zero-order chi connectivity index (χ0) is 7.84. The number of hydrogen-bond donors (Lipinski definition) is 2. The normalized spacial score (nSPS) is 10.6. The Labute approximate surface area is 63.7 Å². The number of aromatic hydroxyl groups is 1. The Balaban J connectivity index is 2.90. The summed E-state index contributed by atoms with van der Waals surface area (Å²) < 4.78 is 0. The van der Waals surface area contributed by atoms with Crippen LogP contribution in [0, 0.1) is 6.92 Å². The highest BCUT2D eigenvalue weighted by molar-refractivity contribution is 5.79. The largest absolute Gasteiger partial charge is 0.495 e. The van der Waals surface area contributed by atoms with E-state index in [-0.39, 0.29) is 5.88 Å². The molecule has 0 amide bonds. The van der Waals surface area contributed by atoms with Gasteiger partial charge in [-0.25, -0.2) is 0 Å². The predicted octanol–water partition coefficient (Wildman–Crippen LogP) is 1.58. The van der Waals surface area contributed by atoms with Crippen molar-refractivity contribution >= 4 is 11.0 Å². The van der Waals surface area contributed by atoms with E-state index in [0.717, 1.165) is 16.6 Å². The standard InChI is InChI=1S/C8H8N2O/c1-5-2-3-9-6-4-7(11)10-8(5)6/h2-4,10-11H,1H3. The van der Waals surface area contributed by atoms with Crippen LogP contribution in [0.15, 0.2) is 18.3 Å². The molecule has 2 heterocycles. The predicted molar refractivity (Wildman–Crippen MR) is 42.5 cm³/mol. The number of nitrogens with zero attached hydrogens (tertiary/aromatic N) is 1. The molecule has 0 saturated carbocycles. The molecule has 2 aromatic rings. The smallest absolute Gasteiger partial charge is 0.190 e. The van der Waals surface area contributed by atoms with Gasteiger partial charge in [0.05, 0.1) is 11.0 Å². The van der Waals surface area contributed by atoms with Crippen molar-refractivity contribution in [1.29, 1.82) is 0 Å². The fourth-order valence-electron chi connectivity index (χ4n) is 1.14. The highest BCUT2D eigenvalue weighted by atomic mass is 16.3. The third-order valence-corrected chi connectivity index (χ3v) is 1.72. The second kappa shape index (κ2) is 1.99. The lowest BCUT2D eigenvalue weighted by atomic mass is 10.2. The number of aromatic nitrogens is 2. The van der Waals surface area contributed by atoms with Crippen molar-refractivity contribution in [2.24, 2.45) is 0 Å². The summed E-state index contributed by atoms with van der Waals surface area (Å²) in [5.74, 6) is 0.168. The highest BCUT2D eigenvalue weighted by Gasteiger charge is 2.00. The third-order valence-electron chi connectivity index (χ3n) is 1.72. The van der Waals surface area contributed by atoms with Crippen molar-refractivity contribution in [3.05, 3.63) is 23.9 Å². The van der Waals surface area contributed by atoms with Gasteiger partial charge < -0.3 is 10.1 Å². The zero-order valence-corrected chi connectivity index (χ0v) is 6.13. The maximum absolute atomic E-state index is 9.09. The lowest BCUT2D eigenvalue weighted by Gasteiger charge is -1.91. The molecule has 0 aliphatic rings. The molecule has 2 aromatic heterocycles. The number of aryl methyl sites for hydroxylation is 1. The van der Waals surface area contributed by atoms with E-state index in [2.05, 4.69) is 9.97 Å². The van der Waals surface area contributed by atoms with E-state index in [1.165, 1.54) is 0 Å². The van der Waals surface area contributed by atoms with Crippen LogP contribution in [0.5, 0.6) is 5.88 Å². The summed E-state index contributed by atoms with van der Waals surface area (Å²) in [5.41, 5.74) is 2.81. The number of aromatic amines is 1. The summed E-state index contributed by atoms with van der Waals surface area (Å²) in [6.07, 6.45) is 1.73. The first-order valence-electron chi connectivity index (χ1n) is 3.40. The van der Waals surface area contributed by atoms with Gasteiger partial charge in [0, 0.05) is 12.3 Å².